The Kier molecular flexibility index (Phi) is 5.20. The van der Waals surface area contributed by atoms with E-state index in [0.717, 1.165) is 10.9 Å². The number of halogens is 1. The predicted molar refractivity (Wildman–Crippen MR) is 124 cm³/mol. The van der Waals surface area contributed by atoms with E-state index in [2.05, 4.69) is 5.16 Å². The smallest absolute Gasteiger partial charge is 0.410 e. The highest BCUT2D eigenvalue weighted by Gasteiger charge is 2.37. The van der Waals surface area contributed by atoms with Crippen LogP contribution in [0.25, 0.3) is 22.2 Å². The summed E-state index contributed by atoms with van der Waals surface area (Å²) in [5.41, 5.74) is 1.46. The largest absolute Gasteiger partial charge is 0.482 e. The molecule has 1 saturated heterocycles. The molecule has 2 aliphatic rings. The highest BCUT2D eigenvalue weighted by Crippen LogP contribution is 2.43. The molecule has 3 aromatic rings. The Morgan fingerprint density at radius 2 is 2.00 bits per heavy atom. The first-order valence-electron chi connectivity index (χ1n) is 10.8. The van der Waals surface area contributed by atoms with E-state index in [-0.39, 0.29) is 24.5 Å². The number of likely N-dealkylation sites (tertiary alicyclic amines) is 1. The van der Waals surface area contributed by atoms with Gasteiger partial charge >= 0.3 is 6.09 Å². The molecule has 2 aromatic carbocycles. The van der Waals surface area contributed by atoms with Gasteiger partial charge in [0.05, 0.1) is 10.7 Å². The van der Waals surface area contributed by atoms with Crippen LogP contribution in [0.2, 0.25) is 5.02 Å². The van der Waals surface area contributed by atoms with Crippen LogP contribution < -0.4 is 9.64 Å². The third-order valence-corrected chi connectivity index (χ3v) is 5.98. The third kappa shape index (κ3) is 4.11. The maximum Gasteiger partial charge on any atom is 0.410 e. The fourth-order valence-corrected chi connectivity index (χ4v) is 4.34. The summed E-state index contributed by atoms with van der Waals surface area (Å²) in [5.74, 6) is 1.10. The lowest BCUT2D eigenvalue weighted by molar-refractivity contribution is -0.121. The van der Waals surface area contributed by atoms with Crippen LogP contribution in [0, 0.1) is 5.92 Å². The number of rotatable bonds is 3. The summed E-state index contributed by atoms with van der Waals surface area (Å²) >= 11 is 6.63. The van der Waals surface area contributed by atoms with Crippen molar-refractivity contribution >= 4 is 40.2 Å². The van der Waals surface area contributed by atoms with Gasteiger partial charge in [0.1, 0.15) is 16.9 Å². The van der Waals surface area contributed by atoms with Crippen LogP contribution in [0.1, 0.15) is 20.8 Å². The normalized spacial score (nSPS) is 16.4. The number of hydrogen-bond donors (Lipinski definition) is 0. The van der Waals surface area contributed by atoms with Crippen molar-refractivity contribution in [3.05, 3.63) is 41.4 Å². The van der Waals surface area contributed by atoms with Crippen molar-refractivity contribution in [2.75, 3.05) is 31.1 Å². The lowest BCUT2D eigenvalue weighted by Gasteiger charge is -2.42. The number of aromatic nitrogens is 1. The maximum absolute atomic E-state index is 12.7. The van der Waals surface area contributed by atoms with Crippen LogP contribution in [0.3, 0.4) is 0 Å². The Labute approximate surface area is 196 Å². The average Bonchev–Trinajstić information content (AvgIpc) is 3.14. The summed E-state index contributed by atoms with van der Waals surface area (Å²) in [4.78, 5) is 28.2. The van der Waals surface area contributed by atoms with Gasteiger partial charge in [-0.25, -0.2) is 4.79 Å². The number of carbonyl (C=O) groups excluding carboxylic acids is 2. The predicted octanol–water partition coefficient (Wildman–Crippen LogP) is 4.74. The molecule has 0 spiro atoms. The van der Waals surface area contributed by atoms with E-state index in [4.69, 9.17) is 25.6 Å². The van der Waals surface area contributed by atoms with Crippen molar-refractivity contribution in [1.29, 1.82) is 0 Å². The summed E-state index contributed by atoms with van der Waals surface area (Å²) in [6.45, 7) is 6.99. The first-order chi connectivity index (χ1) is 15.7. The molecule has 0 N–H and O–H groups in total. The zero-order valence-corrected chi connectivity index (χ0v) is 19.4. The van der Waals surface area contributed by atoms with E-state index in [1.807, 2.05) is 45.0 Å². The second-order valence-electron chi connectivity index (χ2n) is 9.37. The van der Waals surface area contributed by atoms with E-state index in [1.54, 1.807) is 21.9 Å². The van der Waals surface area contributed by atoms with E-state index < -0.39 is 5.60 Å². The van der Waals surface area contributed by atoms with Gasteiger partial charge in [-0.2, -0.15) is 0 Å². The summed E-state index contributed by atoms with van der Waals surface area (Å²) in [7, 11) is 0. The van der Waals surface area contributed by atoms with Crippen LogP contribution >= 0.6 is 11.6 Å². The molecule has 0 radical (unpaired) electrons. The van der Waals surface area contributed by atoms with Gasteiger partial charge in [-0.05, 0) is 45.0 Å². The molecule has 0 bridgehead atoms. The van der Waals surface area contributed by atoms with Gasteiger partial charge in [0.25, 0.3) is 5.91 Å². The van der Waals surface area contributed by atoms with Gasteiger partial charge in [-0.1, -0.05) is 28.9 Å². The fraction of sp³-hybridized carbons (Fsp3) is 0.375. The molecule has 2 amide bonds. The number of hydrogen-bond acceptors (Lipinski definition) is 6. The van der Waals surface area contributed by atoms with Gasteiger partial charge in [0.15, 0.2) is 12.4 Å². The van der Waals surface area contributed by atoms with Gasteiger partial charge < -0.3 is 23.8 Å². The molecule has 2 aliphatic heterocycles. The number of benzene rings is 2. The summed E-state index contributed by atoms with van der Waals surface area (Å²) in [6, 6.07) is 11.1. The summed E-state index contributed by atoms with van der Waals surface area (Å²) in [6.07, 6.45) is -0.334. The molecule has 0 saturated carbocycles. The monoisotopic (exact) mass is 469 g/mol. The van der Waals surface area contributed by atoms with Crippen molar-refractivity contribution in [3.8, 4) is 17.1 Å². The lowest BCUT2D eigenvalue weighted by Crippen LogP contribution is -2.56. The summed E-state index contributed by atoms with van der Waals surface area (Å²) < 4.78 is 16.7. The van der Waals surface area contributed by atoms with Gasteiger partial charge in [0.2, 0.25) is 0 Å². The molecule has 0 aliphatic carbocycles. The molecule has 33 heavy (non-hydrogen) atoms. The van der Waals surface area contributed by atoms with Gasteiger partial charge in [-0.15, -0.1) is 0 Å². The van der Waals surface area contributed by atoms with Crippen molar-refractivity contribution in [2.24, 2.45) is 5.92 Å². The quantitative estimate of drug-likeness (QED) is 0.550. The van der Waals surface area contributed by atoms with Crippen molar-refractivity contribution in [3.63, 3.8) is 0 Å². The second-order valence-corrected chi connectivity index (χ2v) is 9.78. The van der Waals surface area contributed by atoms with Gasteiger partial charge in [-0.3, -0.25) is 4.79 Å². The molecular weight excluding hydrogens is 446 g/mol. The first-order valence-corrected chi connectivity index (χ1v) is 11.2. The zero-order chi connectivity index (χ0) is 23.3. The van der Waals surface area contributed by atoms with E-state index >= 15 is 0 Å². The van der Waals surface area contributed by atoms with E-state index in [1.165, 1.54) is 0 Å². The number of nitrogens with zero attached hydrogens (tertiary/aromatic N) is 3. The molecule has 5 rings (SSSR count). The Bertz CT molecular complexity index is 1240. The highest BCUT2D eigenvalue weighted by atomic mass is 35.5. The Morgan fingerprint density at radius 1 is 1.24 bits per heavy atom. The lowest BCUT2D eigenvalue weighted by atomic mass is 9.99. The molecule has 9 heteroatoms. The number of ether oxygens (including phenoxy) is 2. The molecule has 172 valence electrons. The van der Waals surface area contributed by atoms with E-state index in [0.29, 0.717) is 47.4 Å². The molecular formula is C24H24ClN3O5. The highest BCUT2D eigenvalue weighted by molar-refractivity contribution is 6.34. The van der Waals surface area contributed by atoms with Crippen molar-refractivity contribution in [2.45, 2.75) is 26.4 Å². The number of amides is 2. The Balaban J connectivity index is 1.36. The minimum atomic E-state index is -0.537. The second kappa shape index (κ2) is 7.95. The van der Waals surface area contributed by atoms with Gasteiger partial charge in [0, 0.05) is 36.5 Å². The van der Waals surface area contributed by atoms with Crippen LogP contribution in [0.15, 0.2) is 40.9 Å². The minimum Gasteiger partial charge on any atom is -0.482 e. The Hall–Kier alpha value is -3.26. The van der Waals surface area contributed by atoms with Crippen LogP contribution in [-0.2, 0) is 9.53 Å². The number of anilines is 1. The fourth-order valence-electron chi connectivity index (χ4n) is 4.10. The molecule has 1 fully saturated rings. The van der Waals surface area contributed by atoms with Crippen molar-refractivity contribution < 1.29 is 23.6 Å². The van der Waals surface area contributed by atoms with E-state index in [9.17, 15) is 9.59 Å². The third-order valence-electron chi connectivity index (χ3n) is 5.67. The minimum absolute atomic E-state index is 0.0618. The maximum atomic E-state index is 12.7. The molecule has 1 aromatic heterocycles. The van der Waals surface area contributed by atoms with Crippen LogP contribution in [-0.4, -0.2) is 53.9 Å². The summed E-state index contributed by atoms with van der Waals surface area (Å²) in [5, 5.41) is 5.38. The standard InChI is InChI=1S/C24H24ClN3O5/c1-24(2,3)32-23(30)27-10-14(11-27)12-28-19-9-17(25)16(8-20(19)31-13-21(28)29)22-15-6-4-5-7-18(15)26-33-22/h4-9,14H,10-13H2,1-3H3. The van der Waals surface area contributed by atoms with Crippen LogP contribution in [0.5, 0.6) is 5.75 Å². The first kappa shape index (κ1) is 21.6. The number of carbonyl (C=O) groups is 2. The Morgan fingerprint density at radius 3 is 2.76 bits per heavy atom. The molecule has 3 heterocycles. The molecule has 0 atom stereocenters. The molecule has 0 unspecified atom stereocenters. The molecule has 8 nitrogen and oxygen atoms in total. The number of fused-ring (bicyclic) bond motifs is 2. The van der Waals surface area contributed by atoms with Crippen LogP contribution in [0.4, 0.5) is 10.5 Å². The van der Waals surface area contributed by atoms with Crippen molar-refractivity contribution in [1.82, 2.24) is 10.1 Å². The SMILES string of the molecule is CC(C)(C)OC(=O)N1CC(CN2C(=O)COc3cc(-c4onc5ccccc45)c(Cl)cc32)C1. The average molecular weight is 470 g/mol. The zero-order valence-electron chi connectivity index (χ0n) is 18.6. The topological polar surface area (TPSA) is 85.1 Å².